The molecule has 17 heavy (non-hydrogen) atoms. The molecule has 1 amide bonds. The number of carbonyl (C=O) groups is 1. The highest BCUT2D eigenvalue weighted by Gasteiger charge is 2.05. The number of amides is 1. The molecule has 5 heteroatoms. The highest BCUT2D eigenvalue weighted by atomic mass is 35.5. The second kappa shape index (κ2) is 8.34. The number of nitrogens with two attached hydrogens (primary N) is 1. The van der Waals surface area contributed by atoms with Crippen molar-refractivity contribution >= 4 is 29.9 Å². The molecule has 0 heterocycles. The Morgan fingerprint density at radius 2 is 2.12 bits per heavy atom. The molecule has 0 bridgehead atoms. The number of hydrogen-bond acceptors (Lipinski definition) is 2. The molecule has 0 radical (unpaired) electrons. The lowest BCUT2D eigenvalue weighted by Gasteiger charge is -2.06. The summed E-state index contributed by atoms with van der Waals surface area (Å²) in [6.07, 6.45) is 1.84. The Bertz CT molecular complexity index is 370. The van der Waals surface area contributed by atoms with Crippen LogP contribution in [0.2, 0.25) is 5.02 Å². The standard InChI is InChI=1S/C12H17ClN2O.ClH/c1-9-8-10(4-5-11(9)13)12(16)15-7-3-2-6-14;/h4-5,8H,2-3,6-7,14H2,1H3,(H,15,16);1H. The number of unbranched alkanes of at least 4 members (excludes halogenated alkanes) is 1. The van der Waals surface area contributed by atoms with E-state index in [9.17, 15) is 4.79 Å². The minimum Gasteiger partial charge on any atom is -0.352 e. The molecule has 1 aromatic carbocycles. The maximum Gasteiger partial charge on any atom is 0.251 e. The third kappa shape index (κ3) is 5.39. The van der Waals surface area contributed by atoms with Crippen molar-refractivity contribution in [3.8, 4) is 0 Å². The summed E-state index contributed by atoms with van der Waals surface area (Å²) in [6.45, 7) is 3.21. The molecular formula is C12H18Cl2N2O. The number of aryl methyl sites for hydroxylation is 1. The van der Waals surface area contributed by atoms with E-state index in [1.807, 2.05) is 6.92 Å². The van der Waals surface area contributed by atoms with Crippen LogP contribution in [0.3, 0.4) is 0 Å². The van der Waals surface area contributed by atoms with Crippen molar-refractivity contribution in [3.05, 3.63) is 34.3 Å². The Balaban J connectivity index is 0.00000256. The molecule has 0 aliphatic carbocycles. The lowest BCUT2D eigenvalue weighted by molar-refractivity contribution is 0.0953. The monoisotopic (exact) mass is 276 g/mol. The molecule has 0 atom stereocenters. The van der Waals surface area contributed by atoms with E-state index < -0.39 is 0 Å². The van der Waals surface area contributed by atoms with Gasteiger partial charge in [-0.1, -0.05) is 11.6 Å². The molecule has 1 rings (SSSR count). The van der Waals surface area contributed by atoms with Gasteiger partial charge < -0.3 is 11.1 Å². The quantitative estimate of drug-likeness (QED) is 0.813. The SMILES string of the molecule is Cc1cc(C(=O)NCCCCN)ccc1Cl.Cl. The highest BCUT2D eigenvalue weighted by Crippen LogP contribution is 2.16. The fourth-order valence-corrected chi connectivity index (χ4v) is 1.48. The summed E-state index contributed by atoms with van der Waals surface area (Å²) in [6, 6.07) is 5.26. The lowest BCUT2D eigenvalue weighted by atomic mass is 10.1. The first kappa shape index (κ1) is 16.2. The first-order valence-corrected chi connectivity index (χ1v) is 5.77. The van der Waals surface area contributed by atoms with E-state index in [1.54, 1.807) is 18.2 Å². The fraction of sp³-hybridized carbons (Fsp3) is 0.417. The first-order chi connectivity index (χ1) is 7.65. The van der Waals surface area contributed by atoms with Crippen molar-refractivity contribution in [2.24, 2.45) is 5.73 Å². The zero-order chi connectivity index (χ0) is 12.0. The fourth-order valence-electron chi connectivity index (χ4n) is 1.36. The van der Waals surface area contributed by atoms with Crippen molar-refractivity contribution in [3.63, 3.8) is 0 Å². The van der Waals surface area contributed by atoms with E-state index in [2.05, 4.69) is 5.32 Å². The van der Waals surface area contributed by atoms with Crippen LogP contribution in [-0.4, -0.2) is 19.0 Å². The maximum atomic E-state index is 11.7. The summed E-state index contributed by atoms with van der Waals surface area (Å²) >= 11 is 5.89. The summed E-state index contributed by atoms with van der Waals surface area (Å²) in [7, 11) is 0. The topological polar surface area (TPSA) is 55.1 Å². The van der Waals surface area contributed by atoms with Crippen LogP contribution < -0.4 is 11.1 Å². The van der Waals surface area contributed by atoms with Gasteiger partial charge in [0.1, 0.15) is 0 Å². The van der Waals surface area contributed by atoms with Crippen molar-refractivity contribution in [1.29, 1.82) is 0 Å². The van der Waals surface area contributed by atoms with E-state index in [0.717, 1.165) is 18.4 Å². The average molecular weight is 277 g/mol. The van der Waals surface area contributed by atoms with Crippen LogP contribution in [-0.2, 0) is 0 Å². The highest BCUT2D eigenvalue weighted by molar-refractivity contribution is 6.31. The lowest BCUT2D eigenvalue weighted by Crippen LogP contribution is -2.24. The van der Waals surface area contributed by atoms with Gasteiger partial charge in [0.15, 0.2) is 0 Å². The summed E-state index contributed by atoms with van der Waals surface area (Å²) < 4.78 is 0. The van der Waals surface area contributed by atoms with Crippen molar-refractivity contribution < 1.29 is 4.79 Å². The van der Waals surface area contributed by atoms with E-state index in [1.165, 1.54) is 0 Å². The Morgan fingerprint density at radius 3 is 2.71 bits per heavy atom. The molecule has 0 unspecified atom stereocenters. The molecule has 0 saturated heterocycles. The van der Waals surface area contributed by atoms with Crippen LogP contribution in [0.5, 0.6) is 0 Å². The van der Waals surface area contributed by atoms with E-state index in [0.29, 0.717) is 23.7 Å². The zero-order valence-electron chi connectivity index (χ0n) is 9.83. The molecule has 0 fully saturated rings. The third-order valence-electron chi connectivity index (χ3n) is 2.34. The maximum absolute atomic E-state index is 11.7. The zero-order valence-corrected chi connectivity index (χ0v) is 11.4. The average Bonchev–Trinajstić information content (AvgIpc) is 2.28. The first-order valence-electron chi connectivity index (χ1n) is 5.39. The minimum atomic E-state index is -0.0585. The Kier molecular flexibility index (Phi) is 7.96. The molecule has 96 valence electrons. The summed E-state index contributed by atoms with van der Waals surface area (Å²) in [5, 5.41) is 3.52. The molecule has 0 spiro atoms. The molecule has 3 N–H and O–H groups in total. The molecular weight excluding hydrogens is 259 g/mol. The summed E-state index contributed by atoms with van der Waals surface area (Å²) in [5.74, 6) is -0.0585. The predicted molar refractivity (Wildman–Crippen MR) is 74.1 cm³/mol. The van der Waals surface area contributed by atoms with Gasteiger partial charge in [-0.3, -0.25) is 4.79 Å². The van der Waals surface area contributed by atoms with Crippen LogP contribution in [0.4, 0.5) is 0 Å². The predicted octanol–water partition coefficient (Wildman–Crippen LogP) is 2.54. The second-order valence-corrected chi connectivity index (χ2v) is 4.12. The normalized spacial score (nSPS) is 9.59. The smallest absolute Gasteiger partial charge is 0.251 e. The van der Waals surface area contributed by atoms with Crippen LogP contribution >= 0.6 is 24.0 Å². The third-order valence-corrected chi connectivity index (χ3v) is 2.76. The van der Waals surface area contributed by atoms with Crippen LogP contribution in [0.1, 0.15) is 28.8 Å². The number of carbonyl (C=O) groups excluding carboxylic acids is 1. The minimum absolute atomic E-state index is 0. The molecule has 0 aliphatic heterocycles. The summed E-state index contributed by atoms with van der Waals surface area (Å²) in [4.78, 5) is 11.7. The van der Waals surface area contributed by atoms with Crippen molar-refractivity contribution in [2.75, 3.05) is 13.1 Å². The van der Waals surface area contributed by atoms with Gasteiger partial charge in [-0.15, -0.1) is 12.4 Å². The van der Waals surface area contributed by atoms with E-state index in [4.69, 9.17) is 17.3 Å². The summed E-state index contributed by atoms with van der Waals surface area (Å²) in [5.41, 5.74) is 6.93. The Hall–Kier alpha value is -0.770. The van der Waals surface area contributed by atoms with Crippen molar-refractivity contribution in [1.82, 2.24) is 5.32 Å². The van der Waals surface area contributed by atoms with Gasteiger partial charge in [0.05, 0.1) is 0 Å². The molecule has 0 aromatic heterocycles. The van der Waals surface area contributed by atoms with Crippen LogP contribution in [0.25, 0.3) is 0 Å². The number of nitrogens with one attached hydrogen (secondary N) is 1. The Labute approximate surface area is 113 Å². The molecule has 0 saturated carbocycles. The van der Waals surface area contributed by atoms with Crippen molar-refractivity contribution in [2.45, 2.75) is 19.8 Å². The van der Waals surface area contributed by atoms with Gasteiger partial charge in [-0.05, 0) is 50.1 Å². The van der Waals surface area contributed by atoms with Gasteiger partial charge in [0.25, 0.3) is 5.91 Å². The van der Waals surface area contributed by atoms with Gasteiger partial charge in [-0.2, -0.15) is 0 Å². The Morgan fingerprint density at radius 1 is 1.41 bits per heavy atom. The van der Waals surface area contributed by atoms with Gasteiger partial charge >= 0.3 is 0 Å². The molecule has 1 aromatic rings. The van der Waals surface area contributed by atoms with Crippen LogP contribution in [0, 0.1) is 6.92 Å². The largest absolute Gasteiger partial charge is 0.352 e. The molecule has 3 nitrogen and oxygen atoms in total. The van der Waals surface area contributed by atoms with Gasteiger partial charge in [0, 0.05) is 17.1 Å². The van der Waals surface area contributed by atoms with Gasteiger partial charge in [0.2, 0.25) is 0 Å². The number of halogens is 2. The molecule has 0 aliphatic rings. The van der Waals surface area contributed by atoms with E-state index >= 15 is 0 Å². The number of rotatable bonds is 5. The number of benzene rings is 1. The van der Waals surface area contributed by atoms with E-state index in [-0.39, 0.29) is 18.3 Å². The number of hydrogen-bond donors (Lipinski definition) is 2. The van der Waals surface area contributed by atoms with Gasteiger partial charge in [-0.25, -0.2) is 0 Å². The second-order valence-electron chi connectivity index (χ2n) is 3.72. The van der Waals surface area contributed by atoms with Crippen LogP contribution in [0.15, 0.2) is 18.2 Å².